The van der Waals surface area contributed by atoms with Gasteiger partial charge in [0, 0.05) is 16.5 Å². The third-order valence-corrected chi connectivity index (χ3v) is 5.47. The van der Waals surface area contributed by atoms with Gasteiger partial charge in [0.25, 0.3) is 11.6 Å². The molecule has 2 aromatic heterocycles. The Balaban J connectivity index is 1.66. The lowest BCUT2D eigenvalue weighted by Gasteiger charge is -2.11. The van der Waals surface area contributed by atoms with E-state index in [1.165, 1.54) is 17.4 Å². The van der Waals surface area contributed by atoms with Gasteiger partial charge >= 0.3 is 0 Å². The summed E-state index contributed by atoms with van der Waals surface area (Å²) in [7, 11) is 0. The quantitative estimate of drug-likeness (QED) is 0.274. The molecule has 2 aromatic carbocycles. The minimum absolute atomic E-state index is 0.0137. The average molecular weight is 452 g/mol. The van der Waals surface area contributed by atoms with Crippen LogP contribution in [0.25, 0.3) is 21.5 Å². The normalized spacial score (nSPS) is 11.1. The molecule has 2 heterocycles. The Morgan fingerprint density at radius 1 is 1.19 bits per heavy atom. The summed E-state index contributed by atoms with van der Waals surface area (Å²) in [5, 5.41) is 29.5. The van der Waals surface area contributed by atoms with Gasteiger partial charge in [0.1, 0.15) is 0 Å². The monoisotopic (exact) mass is 451 g/mol. The fourth-order valence-electron chi connectivity index (χ4n) is 2.97. The lowest BCUT2D eigenvalue weighted by molar-refractivity contribution is -0.398. The summed E-state index contributed by atoms with van der Waals surface area (Å²) in [6.07, 6.45) is 1.03. The first kappa shape index (κ1) is 20.5. The Morgan fingerprint density at radius 3 is 2.74 bits per heavy atom. The summed E-state index contributed by atoms with van der Waals surface area (Å²) in [5.41, 5.74) is 3.23. The van der Waals surface area contributed by atoms with Gasteiger partial charge in [-0.2, -0.15) is 5.10 Å². The molecule has 0 aliphatic carbocycles. The minimum atomic E-state index is -0.846. The molecule has 0 saturated heterocycles. The number of benzene rings is 2. The molecular weight excluding hydrogens is 440 g/mol. The number of nitro groups is 1. The number of halogens is 1. The van der Waals surface area contributed by atoms with Crippen molar-refractivity contribution in [1.82, 2.24) is 10.4 Å². The maximum atomic E-state index is 12.8. The van der Waals surface area contributed by atoms with Gasteiger partial charge in [-0.3, -0.25) is 14.9 Å². The number of thiophene rings is 1. The number of amides is 1. The zero-order chi connectivity index (χ0) is 22.0. The van der Waals surface area contributed by atoms with Crippen LogP contribution in [0.2, 0.25) is 5.02 Å². The van der Waals surface area contributed by atoms with Crippen LogP contribution in [0.3, 0.4) is 0 Å². The third-order valence-electron chi connectivity index (χ3n) is 4.36. The van der Waals surface area contributed by atoms with Crippen LogP contribution in [-0.2, 0) is 0 Å². The zero-order valence-electron chi connectivity index (χ0n) is 15.6. The highest BCUT2D eigenvalue weighted by atomic mass is 35.5. The molecule has 0 aliphatic rings. The summed E-state index contributed by atoms with van der Waals surface area (Å²) in [5.74, 6) is -1.36. The number of nitrogens with zero attached hydrogens (tertiary/aromatic N) is 3. The summed E-state index contributed by atoms with van der Waals surface area (Å²) >= 11 is 7.34. The van der Waals surface area contributed by atoms with Gasteiger partial charge in [-0.1, -0.05) is 35.9 Å². The fraction of sp³-hybridized carbons (Fsp3) is 0. The molecule has 10 heteroatoms. The number of carbonyl (C=O) groups excluding carboxylic acids is 1. The van der Waals surface area contributed by atoms with E-state index in [-0.39, 0.29) is 10.6 Å². The molecule has 0 radical (unpaired) electrons. The van der Waals surface area contributed by atoms with Crippen molar-refractivity contribution in [3.05, 3.63) is 86.2 Å². The molecule has 1 N–H and O–H groups in total. The SMILES string of the molecule is O=C(N/N=C\c1cc(Cl)cc([N+](=O)[O-])c1[O-])c1cc(-c2cccs2)nc2ccccc12. The number of fused-ring (bicyclic) bond motifs is 1. The second kappa shape index (κ2) is 8.50. The molecule has 8 nitrogen and oxygen atoms in total. The number of para-hydroxylation sites is 1. The highest BCUT2D eigenvalue weighted by Gasteiger charge is 2.15. The van der Waals surface area contributed by atoms with Crippen LogP contribution in [0.5, 0.6) is 5.75 Å². The molecule has 0 spiro atoms. The van der Waals surface area contributed by atoms with Crippen molar-refractivity contribution in [2.24, 2.45) is 5.10 Å². The Hall–Kier alpha value is -3.82. The average Bonchev–Trinajstić information content (AvgIpc) is 3.29. The number of nitrogens with one attached hydrogen (secondary N) is 1. The molecule has 0 aliphatic heterocycles. The first-order chi connectivity index (χ1) is 14.9. The molecule has 31 heavy (non-hydrogen) atoms. The summed E-state index contributed by atoms with van der Waals surface area (Å²) in [4.78, 5) is 28.5. The van der Waals surface area contributed by atoms with Crippen LogP contribution < -0.4 is 10.5 Å². The number of pyridine rings is 1. The van der Waals surface area contributed by atoms with E-state index in [2.05, 4.69) is 15.5 Å². The van der Waals surface area contributed by atoms with E-state index in [0.29, 0.717) is 22.2 Å². The second-order valence-corrected chi connectivity index (χ2v) is 7.73. The Labute approximate surface area is 184 Å². The van der Waals surface area contributed by atoms with E-state index in [9.17, 15) is 20.0 Å². The number of aromatic nitrogens is 1. The maximum Gasteiger partial charge on any atom is 0.272 e. The molecule has 0 saturated carbocycles. The second-order valence-electron chi connectivity index (χ2n) is 6.35. The maximum absolute atomic E-state index is 12.8. The number of carbonyl (C=O) groups is 1. The molecule has 4 rings (SSSR count). The number of nitro benzene ring substituents is 1. The van der Waals surface area contributed by atoms with Crippen LogP contribution in [-0.4, -0.2) is 22.0 Å². The Kier molecular flexibility index (Phi) is 5.61. The van der Waals surface area contributed by atoms with Crippen LogP contribution >= 0.6 is 22.9 Å². The highest BCUT2D eigenvalue weighted by molar-refractivity contribution is 7.13. The van der Waals surface area contributed by atoms with Crippen molar-refractivity contribution < 1.29 is 14.8 Å². The van der Waals surface area contributed by atoms with Gasteiger partial charge in [0.2, 0.25) is 0 Å². The first-order valence-electron chi connectivity index (χ1n) is 8.86. The predicted octanol–water partition coefficient (Wildman–Crippen LogP) is 4.36. The molecule has 0 fully saturated rings. The van der Waals surface area contributed by atoms with E-state index in [4.69, 9.17) is 11.6 Å². The van der Waals surface area contributed by atoms with Gasteiger partial charge in [0.05, 0.1) is 32.8 Å². The van der Waals surface area contributed by atoms with Gasteiger partial charge < -0.3 is 5.11 Å². The zero-order valence-corrected chi connectivity index (χ0v) is 17.2. The van der Waals surface area contributed by atoms with E-state index < -0.39 is 22.3 Å². The van der Waals surface area contributed by atoms with Crippen molar-refractivity contribution in [2.45, 2.75) is 0 Å². The van der Waals surface area contributed by atoms with E-state index in [1.54, 1.807) is 24.3 Å². The van der Waals surface area contributed by atoms with Gasteiger partial charge in [-0.25, -0.2) is 10.4 Å². The molecule has 0 unspecified atom stereocenters. The van der Waals surface area contributed by atoms with E-state index >= 15 is 0 Å². The van der Waals surface area contributed by atoms with Gasteiger partial charge in [-0.05, 0) is 41.0 Å². The molecule has 0 bridgehead atoms. The fourth-order valence-corrected chi connectivity index (χ4v) is 3.87. The standard InChI is InChI=1S/C21H13ClN4O4S/c22-13-8-12(20(27)18(9-13)26(29)30)11-23-25-21(28)15-10-17(19-6-3-7-31-19)24-16-5-2-1-4-14(15)16/h1-11,27H,(H,25,28)/p-1/b23-11-. The predicted molar refractivity (Wildman–Crippen MR) is 118 cm³/mol. The smallest absolute Gasteiger partial charge is 0.272 e. The van der Waals surface area contributed by atoms with Crippen molar-refractivity contribution in [3.63, 3.8) is 0 Å². The van der Waals surface area contributed by atoms with Crippen molar-refractivity contribution in [1.29, 1.82) is 0 Å². The Bertz CT molecular complexity index is 1340. The summed E-state index contributed by atoms with van der Waals surface area (Å²) in [6, 6.07) is 14.9. The highest BCUT2D eigenvalue weighted by Crippen LogP contribution is 2.30. The number of rotatable bonds is 5. The van der Waals surface area contributed by atoms with Crippen LogP contribution in [0, 0.1) is 10.1 Å². The van der Waals surface area contributed by atoms with Crippen LogP contribution in [0.4, 0.5) is 5.69 Å². The molecule has 154 valence electrons. The largest absolute Gasteiger partial charge is 0.867 e. The molecule has 4 aromatic rings. The summed E-state index contributed by atoms with van der Waals surface area (Å²) in [6.45, 7) is 0. The lowest BCUT2D eigenvalue weighted by Crippen LogP contribution is -2.18. The van der Waals surface area contributed by atoms with E-state index in [0.717, 1.165) is 17.2 Å². The van der Waals surface area contributed by atoms with Gasteiger partial charge in [-0.15, -0.1) is 11.3 Å². The van der Waals surface area contributed by atoms with Gasteiger partial charge in [0.15, 0.2) is 0 Å². The molecule has 0 atom stereocenters. The number of hydrogen-bond donors (Lipinski definition) is 1. The number of hydrogen-bond acceptors (Lipinski definition) is 7. The minimum Gasteiger partial charge on any atom is -0.867 e. The van der Waals surface area contributed by atoms with E-state index in [1.807, 2.05) is 23.6 Å². The van der Waals surface area contributed by atoms with Crippen molar-refractivity contribution in [3.8, 4) is 16.3 Å². The third kappa shape index (κ3) is 4.23. The molecule has 1 amide bonds. The molecular formula is C21H12ClN4O4S-. The summed E-state index contributed by atoms with van der Waals surface area (Å²) < 4.78 is 0. The van der Waals surface area contributed by atoms with Crippen LogP contribution in [0.15, 0.2) is 65.1 Å². The Morgan fingerprint density at radius 2 is 2.00 bits per heavy atom. The lowest BCUT2D eigenvalue weighted by atomic mass is 10.1. The topological polar surface area (TPSA) is 121 Å². The first-order valence-corrected chi connectivity index (χ1v) is 10.1. The van der Waals surface area contributed by atoms with Crippen molar-refractivity contribution in [2.75, 3.05) is 0 Å². The van der Waals surface area contributed by atoms with Crippen LogP contribution in [0.1, 0.15) is 15.9 Å². The number of hydrazone groups is 1. The van der Waals surface area contributed by atoms with Crippen molar-refractivity contribution >= 4 is 51.6 Å².